The first kappa shape index (κ1) is 14.0. The average molecular weight is 338 g/mol. The van der Waals surface area contributed by atoms with Crippen molar-refractivity contribution in [2.24, 2.45) is 0 Å². The number of carbonyl (C=O) groups excluding carboxylic acids is 1. The highest BCUT2D eigenvalue weighted by atomic mass is 79.9. The number of carbonyl (C=O) groups is 1. The van der Waals surface area contributed by atoms with Gasteiger partial charge in [-0.25, -0.2) is 4.98 Å². The van der Waals surface area contributed by atoms with Crippen LogP contribution in [0.5, 0.6) is 0 Å². The highest BCUT2D eigenvalue weighted by Gasteiger charge is 2.28. The van der Waals surface area contributed by atoms with Crippen LogP contribution in [0.25, 0.3) is 0 Å². The zero-order chi connectivity index (χ0) is 13.9. The third-order valence-electron chi connectivity index (χ3n) is 4.42. The first-order valence-electron chi connectivity index (χ1n) is 7.39. The van der Waals surface area contributed by atoms with E-state index in [1.54, 1.807) is 18.3 Å². The number of halogens is 1. The molecule has 5 heteroatoms. The van der Waals surface area contributed by atoms with Crippen LogP contribution in [0.4, 0.5) is 0 Å². The summed E-state index contributed by atoms with van der Waals surface area (Å²) in [5.41, 5.74) is 0.723. The molecule has 0 N–H and O–H groups in total. The second-order valence-corrected chi connectivity index (χ2v) is 6.45. The van der Waals surface area contributed by atoms with E-state index >= 15 is 0 Å². The number of nitrogens with zero attached hydrogens (tertiary/aromatic N) is 3. The lowest BCUT2D eigenvalue weighted by atomic mass is 10.1. The SMILES string of the molecule is O=C(c1ccnc(Br)c1)N1CCN(C2CCCC2)CC1. The molecular weight excluding hydrogens is 318 g/mol. The van der Waals surface area contributed by atoms with E-state index < -0.39 is 0 Å². The van der Waals surface area contributed by atoms with Crippen molar-refractivity contribution >= 4 is 21.8 Å². The lowest BCUT2D eigenvalue weighted by molar-refractivity contribution is 0.0573. The molecule has 4 nitrogen and oxygen atoms in total. The summed E-state index contributed by atoms with van der Waals surface area (Å²) in [4.78, 5) is 21.0. The van der Waals surface area contributed by atoms with Gasteiger partial charge in [0.15, 0.2) is 0 Å². The molecule has 20 heavy (non-hydrogen) atoms. The lowest BCUT2D eigenvalue weighted by Crippen LogP contribution is -2.51. The summed E-state index contributed by atoms with van der Waals surface area (Å²) >= 11 is 3.32. The van der Waals surface area contributed by atoms with Crippen LogP contribution >= 0.6 is 15.9 Å². The number of hydrogen-bond donors (Lipinski definition) is 0. The lowest BCUT2D eigenvalue weighted by Gasteiger charge is -2.38. The zero-order valence-electron chi connectivity index (χ0n) is 11.6. The monoisotopic (exact) mass is 337 g/mol. The van der Waals surface area contributed by atoms with Gasteiger partial charge in [-0.05, 0) is 40.9 Å². The van der Waals surface area contributed by atoms with Crippen molar-refractivity contribution in [2.45, 2.75) is 31.7 Å². The Bertz CT molecular complexity index is 480. The van der Waals surface area contributed by atoms with Gasteiger partial charge in [0.25, 0.3) is 5.91 Å². The first-order valence-corrected chi connectivity index (χ1v) is 8.18. The van der Waals surface area contributed by atoms with Gasteiger partial charge in [0.2, 0.25) is 0 Å². The van der Waals surface area contributed by atoms with Crippen molar-refractivity contribution in [3.05, 3.63) is 28.5 Å². The van der Waals surface area contributed by atoms with E-state index in [9.17, 15) is 4.79 Å². The maximum absolute atomic E-state index is 12.4. The van der Waals surface area contributed by atoms with Gasteiger partial charge in [-0.3, -0.25) is 9.69 Å². The number of aromatic nitrogens is 1. The van der Waals surface area contributed by atoms with Gasteiger partial charge in [0.05, 0.1) is 0 Å². The maximum Gasteiger partial charge on any atom is 0.254 e. The Balaban J connectivity index is 1.58. The summed E-state index contributed by atoms with van der Waals surface area (Å²) in [7, 11) is 0. The molecule has 1 aliphatic carbocycles. The number of hydrogen-bond acceptors (Lipinski definition) is 3. The molecule has 0 aromatic carbocycles. The van der Waals surface area contributed by atoms with Crippen LogP contribution < -0.4 is 0 Å². The molecule has 2 aliphatic rings. The van der Waals surface area contributed by atoms with E-state index in [0.29, 0.717) is 4.60 Å². The van der Waals surface area contributed by atoms with Gasteiger partial charge in [-0.2, -0.15) is 0 Å². The molecule has 0 unspecified atom stereocenters. The fourth-order valence-electron chi connectivity index (χ4n) is 3.28. The number of pyridine rings is 1. The minimum Gasteiger partial charge on any atom is -0.336 e. The van der Waals surface area contributed by atoms with Gasteiger partial charge in [0, 0.05) is 44.0 Å². The average Bonchev–Trinajstić information content (AvgIpc) is 3.01. The van der Waals surface area contributed by atoms with Gasteiger partial charge >= 0.3 is 0 Å². The molecule has 0 bridgehead atoms. The molecule has 1 saturated carbocycles. The Hall–Kier alpha value is -0.940. The van der Waals surface area contributed by atoms with Gasteiger partial charge in [-0.15, -0.1) is 0 Å². The molecule has 1 aliphatic heterocycles. The molecule has 1 saturated heterocycles. The van der Waals surface area contributed by atoms with Crippen molar-refractivity contribution in [3.8, 4) is 0 Å². The second-order valence-electron chi connectivity index (χ2n) is 5.63. The number of amides is 1. The number of piperazine rings is 1. The van der Waals surface area contributed by atoms with E-state index in [1.807, 2.05) is 4.90 Å². The third-order valence-corrected chi connectivity index (χ3v) is 4.85. The van der Waals surface area contributed by atoms with E-state index in [4.69, 9.17) is 0 Å². The Morgan fingerprint density at radius 3 is 2.55 bits per heavy atom. The van der Waals surface area contributed by atoms with Crippen molar-refractivity contribution in [1.29, 1.82) is 0 Å². The molecule has 1 amide bonds. The van der Waals surface area contributed by atoms with Gasteiger partial charge < -0.3 is 4.90 Å². The van der Waals surface area contributed by atoms with Crippen LogP contribution in [0.3, 0.4) is 0 Å². The summed E-state index contributed by atoms with van der Waals surface area (Å²) in [5.74, 6) is 0.124. The Labute approximate surface area is 128 Å². The summed E-state index contributed by atoms with van der Waals surface area (Å²) < 4.78 is 0.716. The second kappa shape index (κ2) is 6.22. The van der Waals surface area contributed by atoms with E-state index in [-0.39, 0.29) is 5.91 Å². The molecule has 0 spiro atoms. The quantitative estimate of drug-likeness (QED) is 0.778. The summed E-state index contributed by atoms with van der Waals surface area (Å²) in [5, 5.41) is 0. The maximum atomic E-state index is 12.4. The fraction of sp³-hybridized carbons (Fsp3) is 0.600. The number of rotatable bonds is 2. The van der Waals surface area contributed by atoms with Crippen molar-refractivity contribution in [2.75, 3.05) is 26.2 Å². The smallest absolute Gasteiger partial charge is 0.254 e. The van der Waals surface area contributed by atoms with Crippen LogP contribution in [-0.4, -0.2) is 52.9 Å². The van der Waals surface area contributed by atoms with Gasteiger partial charge in [-0.1, -0.05) is 12.8 Å². The van der Waals surface area contributed by atoms with E-state index in [1.165, 1.54) is 25.7 Å². The van der Waals surface area contributed by atoms with Crippen LogP contribution in [0, 0.1) is 0 Å². The van der Waals surface area contributed by atoms with Crippen molar-refractivity contribution in [3.63, 3.8) is 0 Å². The zero-order valence-corrected chi connectivity index (χ0v) is 13.2. The minimum atomic E-state index is 0.124. The largest absolute Gasteiger partial charge is 0.336 e. The standard InChI is InChI=1S/C15H20BrN3O/c16-14-11-12(5-6-17-14)15(20)19-9-7-18(8-10-19)13-3-1-2-4-13/h5-6,11,13H,1-4,7-10H2. The topological polar surface area (TPSA) is 36.4 Å². The first-order chi connectivity index (χ1) is 9.74. The predicted molar refractivity (Wildman–Crippen MR) is 81.7 cm³/mol. The van der Waals surface area contributed by atoms with Crippen molar-refractivity contribution < 1.29 is 4.79 Å². The molecular formula is C15H20BrN3O. The van der Waals surface area contributed by atoms with E-state index in [2.05, 4.69) is 25.8 Å². The third kappa shape index (κ3) is 3.04. The van der Waals surface area contributed by atoms with Crippen molar-refractivity contribution in [1.82, 2.24) is 14.8 Å². The normalized spacial score (nSPS) is 21.4. The Kier molecular flexibility index (Phi) is 4.36. The molecule has 1 aromatic heterocycles. The molecule has 1 aromatic rings. The van der Waals surface area contributed by atoms with E-state index in [0.717, 1.165) is 37.8 Å². The van der Waals surface area contributed by atoms with Crippen LogP contribution in [0.2, 0.25) is 0 Å². The Morgan fingerprint density at radius 2 is 1.90 bits per heavy atom. The predicted octanol–water partition coefficient (Wildman–Crippen LogP) is 2.54. The minimum absolute atomic E-state index is 0.124. The molecule has 0 atom stereocenters. The highest BCUT2D eigenvalue weighted by molar-refractivity contribution is 9.10. The molecule has 2 heterocycles. The molecule has 0 radical (unpaired) electrons. The molecule has 2 fully saturated rings. The van der Waals surface area contributed by atoms with Crippen LogP contribution in [0.15, 0.2) is 22.9 Å². The molecule has 108 valence electrons. The summed E-state index contributed by atoms with van der Waals surface area (Å²) in [6.07, 6.45) is 7.09. The summed E-state index contributed by atoms with van der Waals surface area (Å²) in [6, 6.07) is 4.35. The van der Waals surface area contributed by atoms with Crippen LogP contribution in [-0.2, 0) is 0 Å². The van der Waals surface area contributed by atoms with Crippen LogP contribution in [0.1, 0.15) is 36.0 Å². The Morgan fingerprint density at radius 1 is 1.20 bits per heavy atom. The molecule has 3 rings (SSSR count). The fourth-order valence-corrected chi connectivity index (χ4v) is 3.64. The highest BCUT2D eigenvalue weighted by Crippen LogP contribution is 2.24. The van der Waals surface area contributed by atoms with Gasteiger partial charge in [0.1, 0.15) is 4.60 Å². The summed E-state index contributed by atoms with van der Waals surface area (Å²) in [6.45, 7) is 3.72.